The molecule has 0 bridgehead atoms. The van der Waals surface area contributed by atoms with Crippen molar-refractivity contribution in [3.05, 3.63) is 29.8 Å². The molecule has 4 nitrogen and oxygen atoms in total. The van der Waals surface area contributed by atoms with Gasteiger partial charge in [-0.05, 0) is 31.9 Å². The number of imide groups is 1. The molecule has 2 aliphatic rings. The maximum absolute atomic E-state index is 12.5. The van der Waals surface area contributed by atoms with Crippen molar-refractivity contribution >= 4 is 49.4 Å². The number of fused-ring (bicyclic) bond motifs is 1. The fourth-order valence-corrected chi connectivity index (χ4v) is 4.40. The van der Waals surface area contributed by atoms with Gasteiger partial charge in [0.15, 0.2) is 0 Å². The highest BCUT2D eigenvalue weighted by Gasteiger charge is 2.51. The maximum atomic E-state index is 12.5. The zero-order chi connectivity index (χ0) is 15.9. The minimum atomic E-state index is -0.175. The quantitative estimate of drug-likeness (QED) is 0.592. The summed E-state index contributed by atoms with van der Waals surface area (Å²) in [6, 6.07) is 7.91. The maximum Gasteiger partial charge on any atom is 0.234 e. The van der Waals surface area contributed by atoms with Gasteiger partial charge in [0.25, 0.3) is 0 Å². The molecule has 1 aliphatic heterocycles. The highest BCUT2D eigenvalue weighted by Crippen LogP contribution is 2.43. The predicted molar refractivity (Wildman–Crippen MR) is 93.2 cm³/mol. The zero-order valence-corrected chi connectivity index (χ0v) is 15.4. The lowest BCUT2D eigenvalue weighted by Crippen LogP contribution is -2.35. The number of rotatable bonds is 3. The number of hydrogen-bond donors (Lipinski definition) is 1. The van der Waals surface area contributed by atoms with E-state index in [0.29, 0.717) is 12.8 Å². The summed E-state index contributed by atoms with van der Waals surface area (Å²) in [4.78, 5) is 26.9. The molecule has 1 aromatic carbocycles. The molecule has 1 heterocycles. The second kappa shape index (κ2) is 6.32. The van der Waals surface area contributed by atoms with Gasteiger partial charge in [0, 0.05) is 15.3 Å². The summed E-state index contributed by atoms with van der Waals surface area (Å²) in [5.41, 5.74) is 2.09. The molecule has 0 radical (unpaired) electrons. The number of carbonyl (C=O) groups is 2. The van der Waals surface area contributed by atoms with Gasteiger partial charge in [-0.2, -0.15) is 0 Å². The van der Waals surface area contributed by atoms with E-state index in [4.69, 9.17) is 0 Å². The summed E-state index contributed by atoms with van der Waals surface area (Å²) in [7, 11) is 0. The molecule has 118 valence electrons. The number of amides is 2. The first-order valence-corrected chi connectivity index (χ1v) is 9.24. The van der Waals surface area contributed by atoms with Crippen molar-refractivity contribution in [3.8, 4) is 0 Å². The molecular weight excluding hydrogens is 412 g/mol. The number of anilines is 1. The summed E-state index contributed by atoms with van der Waals surface area (Å²) < 4.78 is 0. The van der Waals surface area contributed by atoms with Crippen LogP contribution in [0.1, 0.15) is 18.4 Å². The second-order valence-corrected chi connectivity index (χ2v) is 8.37. The lowest BCUT2D eigenvalue weighted by molar-refractivity contribution is -0.139. The highest BCUT2D eigenvalue weighted by atomic mass is 79.9. The molecule has 0 aromatic heterocycles. The van der Waals surface area contributed by atoms with Crippen LogP contribution in [-0.2, 0) is 9.59 Å². The van der Waals surface area contributed by atoms with E-state index in [-0.39, 0.29) is 40.0 Å². The average Bonchev–Trinajstić information content (AvgIpc) is 2.71. The van der Waals surface area contributed by atoms with E-state index in [1.54, 1.807) is 0 Å². The Hall–Kier alpha value is -0.880. The van der Waals surface area contributed by atoms with Crippen LogP contribution in [0, 0.1) is 18.8 Å². The molecule has 6 heteroatoms. The van der Waals surface area contributed by atoms with Gasteiger partial charge in [0.05, 0.1) is 18.5 Å². The molecule has 1 saturated heterocycles. The molecule has 1 aromatic rings. The summed E-state index contributed by atoms with van der Waals surface area (Å²) >= 11 is 7.19. The summed E-state index contributed by atoms with van der Waals surface area (Å²) in [6.45, 7) is 2.27. The molecule has 22 heavy (non-hydrogen) atoms. The first-order chi connectivity index (χ1) is 10.5. The van der Waals surface area contributed by atoms with E-state index in [0.717, 1.165) is 5.69 Å². The van der Waals surface area contributed by atoms with E-state index in [1.165, 1.54) is 10.5 Å². The van der Waals surface area contributed by atoms with Crippen molar-refractivity contribution in [1.29, 1.82) is 0 Å². The number of nitrogens with zero attached hydrogens (tertiary/aromatic N) is 1. The lowest BCUT2D eigenvalue weighted by Gasteiger charge is -2.29. The second-order valence-electron chi connectivity index (χ2n) is 6.02. The molecule has 0 unspecified atom stereocenters. The Morgan fingerprint density at radius 1 is 1.05 bits per heavy atom. The fourth-order valence-electron chi connectivity index (χ4n) is 3.16. The number of carbonyl (C=O) groups excluding carboxylic acids is 2. The lowest BCUT2D eigenvalue weighted by atomic mass is 9.81. The number of hydrogen-bond acceptors (Lipinski definition) is 3. The van der Waals surface area contributed by atoms with Crippen molar-refractivity contribution in [1.82, 2.24) is 4.90 Å². The monoisotopic (exact) mass is 428 g/mol. The van der Waals surface area contributed by atoms with Gasteiger partial charge in [0.2, 0.25) is 11.8 Å². The highest BCUT2D eigenvalue weighted by molar-refractivity contribution is 9.12. The molecule has 4 atom stereocenters. The summed E-state index contributed by atoms with van der Waals surface area (Å²) in [6.07, 6.45) is 1.43. The predicted octanol–water partition coefficient (Wildman–Crippen LogP) is 3.29. The average molecular weight is 430 g/mol. The molecular formula is C16H18Br2N2O2. The van der Waals surface area contributed by atoms with E-state index >= 15 is 0 Å². The van der Waals surface area contributed by atoms with Gasteiger partial charge in [-0.15, -0.1) is 0 Å². The van der Waals surface area contributed by atoms with Crippen molar-refractivity contribution in [2.45, 2.75) is 29.4 Å². The molecule has 1 N–H and O–H groups in total. The first kappa shape index (κ1) is 16.0. The Morgan fingerprint density at radius 3 is 2.05 bits per heavy atom. The van der Waals surface area contributed by atoms with Crippen molar-refractivity contribution in [2.75, 3.05) is 12.0 Å². The van der Waals surface area contributed by atoms with Gasteiger partial charge in [-0.25, -0.2) is 0 Å². The fraction of sp³-hybridized carbons (Fsp3) is 0.500. The minimum absolute atomic E-state index is 0.0431. The topological polar surface area (TPSA) is 49.4 Å². The van der Waals surface area contributed by atoms with E-state index in [9.17, 15) is 9.59 Å². The van der Waals surface area contributed by atoms with Gasteiger partial charge < -0.3 is 5.32 Å². The van der Waals surface area contributed by atoms with E-state index in [1.807, 2.05) is 31.2 Å². The Kier molecular flexibility index (Phi) is 4.59. The van der Waals surface area contributed by atoms with E-state index in [2.05, 4.69) is 37.2 Å². The van der Waals surface area contributed by atoms with E-state index < -0.39 is 0 Å². The Labute approximate surface area is 146 Å². The number of aryl methyl sites for hydroxylation is 1. The Balaban J connectivity index is 1.68. The van der Waals surface area contributed by atoms with Crippen LogP contribution < -0.4 is 5.32 Å². The number of benzene rings is 1. The summed E-state index contributed by atoms with van der Waals surface area (Å²) in [5, 5.41) is 3.17. The van der Waals surface area contributed by atoms with Crippen LogP contribution in [-0.4, -0.2) is 33.0 Å². The molecule has 1 saturated carbocycles. The van der Waals surface area contributed by atoms with Crippen LogP contribution in [0.25, 0.3) is 0 Å². The summed E-state index contributed by atoms with van der Waals surface area (Å²) in [5.74, 6) is -0.437. The van der Waals surface area contributed by atoms with Crippen LogP contribution in [0.15, 0.2) is 24.3 Å². The third-order valence-corrected chi connectivity index (χ3v) is 7.23. The Morgan fingerprint density at radius 2 is 1.55 bits per heavy atom. The van der Waals surface area contributed by atoms with Crippen molar-refractivity contribution in [2.24, 2.45) is 11.8 Å². The molecule has 2 amide bonds. The van der Waals surface area contributed by atoms with Crippen LogP contribution in [0.3, 0.4) is 0 Å². The largest absolute Gasteiger partial charge is 0.367 e. The van der Waals surface area contributed by atoms with Crippen LogP contribution in [0.5, 0.6) is 0 Å². The van der Waals surface area contributed by atoms with Gasteiger partial charge >= 0.3 is 0 Å². The number of nitrogens with one attached hydrogen (secondary N) is 1. The third kappa shape index (κ3) is 2.95. The minimum Gasteiger partial charge on any atom is -0.367 e. The standard InChI is InChI=1S/C16H18Br2N2O2/c1-9-2-4-10(5-3-9)19-8-20-15(21)11-6-13(17)14(18)7-12(11)16(20)22/h2-5,11-14,19H,6-8H2,1H3/t11-,12-,13+,14+/m0/s1. The molecule has 1 aliphatic carbocycles. The first-order valence-electron chi connectivity index (χ1n) is 7.41. The molecule has 0 spiro atoms. The van der Waals surface area contributed by atoms with Crippen molar-refractivity contribution < 1.29 is 9.59 Å². The van der Waals surface area contributed by atoms with Crippen molar-refractivity contribution in [3.63, 3.8) is 0 Å². The Bertz CT molecular complexity index is 562. The van der Waals surface area contributed by atoms with Crippen LogP contribution in [0.2, 0.25) is 0 Å². The SMILES string of the molecule is Cc1ccc(NCN2C(=O)[C@H]3C[C@@H](Br)[C@H](Br)C[C@@H]3C2=O)cc1. The zero-order valence-electron chi connectivity index (χ0n) is 12.3. The van der Waals surface area contributed by atoms with Gasteiger partial charge in [0.1, 0.15) is 0 Å². The normalized spacial score (nSPS) is 31.3. The number of alkyl halides is 2. The van der Waals surface area contributed by atoms with Gasteiger partial charge in [-0.3, -0.25) is 14.5 Å². The molecule has 2 fully saturated rings. The number of halogens is 2. The van der Waals surface area contributed by atoms with Crippen LogP contribution >= 0.6 is 31.9 Å². The smallest absolute Gasteiger partial charge is 0.234 e. The third-order valence-electron chi connectivity index (χ3n) is 4.50. The van der Waals surface area contributed by atoms with Crippen LogP contribution in [0.4, 0.5) is 5.69 Å². The number of likely N-dealkylation sites (tertiary alicyclic amines) is 1. The van der Waals surface area contributed by atoms with Gasteiger partial charge in [-0.1, -0.05) is 49.6 Å². The molecule has 3 rings (SSSR count).